The Balaban J connectivity index is 1.34. The molecule has 0 aliphatic carbocycles. The van der Waals surface area contributed by atoms with Gasteiger partial charge < -0.3 is 10.0 Å². The maximum absolute atomic E-state index is 12.7. The maximum Gasteiger partial charge on any atom is 0.269 e. The van der Waals surface area contributed by atoms with Gasteiger partial charge in [0, 0.05) is 35.6 Å². The molecule has 0 spiro atoms. The number of aliphatic hydroxyl groups is 1. The van der Waals surface area contributed by atoms with E-state index in [1.165, 1.54) is 28.2 Å². The lowest BCUT2D eigenvalue weighted by molar-refractivity contribution is 0.102. The van der Waals surface area contributed by atoms with Crippen LogP contribution in [0.25, 0.3) is 11.3 Å². The van der Waals surface area contributed by atoms with Crippen LogP contribution in [0, 0.1) is 6.92 Å². The minimum atomic E-state index is -0.525. The van der Waals surface area contributed by atoms with Gasteiger partial charge in [0.15, 0.2) is 5.13 Å². The first kappa shape index (κ1) is 22.6. The van der Waals surface area contributed by atoms with E-state index >= 15 is 0 Å². The van der Waals surface area contributed by atoms with E-state index < -0.39 is 6.23 Å². The molecule has 0 bridgehead atoms. The van der Waals surface area contributed by atoms with Gasteiger partial charge in [0.05, 0.1) is 16.4 Å². The van der Waals surface area contributed by atoms with Gasteiger partial charge in [0.1, 0.15) is 11.1 Å². The van der Waals surface area contributed by atoms with E-state index in [4.69, 9.17) is 0 Å². The third-order valence-corrected chi connectivity index (χ3v) is 7.92. The molecule has 3 aromatic heterocycles. The molecule has 0 radical (unpaired) electrons. The number of benzene rings is 1. The maximum atomic E-state index is 12.7. The number of aryl methyl sites for hydroxylation is 3. The first-order valence-electron chi connectivity index (χ1n) is 11.2. The lowest BCUT2D eigenvalue weighted by atomic mass is 9.97. The van der Waals surface area contributed by atoms with Crippen molar-refractivity contribution >= 4 is 39.4 Å². The summed E-state index contributed by atoms with van der Waals surface area (Å²) in [5, 5.41) is 17.0. The van der Waals surface area contributed by atoms with Crippen LogP contribution in [-0.2, 0) is 19.4 Å². The number of aliphatic hydroxyl groups excluding tert-OH is 1. The number of thiazole rings is 2. The number of aromatic nitrogens is 3. The van der Waals surface area contributed by atoms with Crippen LogP contribution in [0.15, 0.2) is 48.1 Å². The minimum absolute atomic E-state index is 0.166. The SMILES string of the molecule is CCc1nc(C)c(C(=O)Nc2nc(-c3ccc4c(c3)CCC(O)N4Cc3cccnc3)cs2)s1. The molecule has 2 N–H and O–H groups in total. The summed E-state index contributed by atoms with van der Waals surface area (Å²) in [6.07, 6.45) is 5.34. The highest BCUT2D eigenvalue weighted by Crippen LogP contribution is 2.35. The van der Waals surface area contributed by atoms with Gasteiger partial charge in [0.2, 0.25) is 0 Å². The van der Waals surface area contributed by atoms with E-state index in [2.05, 4.69) is 26.3 Å². The summed E-state index contributed by atoms with van der Waals surface area (Å²) < 4.78 is 0. The molecule has 0 fully saturated rings. The van der Waals surface area contributed by atoms with Gasteiger partial charge >= 0.3 is 0 Å². The van der Waals surface area contributed by atoms with Crippen molar-refractivity contribution in [2.45, 2.75) is 45.9 Å². The Bertz CT molecular complexity index is 1320. The van der Waals surface area contributed by atoms with E-state index in [0.29, 0.717) is 23.0 Å². The van der Waals surface area contributed by atoms with Crippen molar-refractivity contribution in [1.29, 1.82) is 0 Å². The van der Waals surface area contributed by atoms with Gasteiger partial charge in [-0.15, -0.1) is 22.7 Å². The molecule has 1 aromatic carbocycles. The normalized spacial score (nSPS) is 15.3. The van der Waals surface area contributed by atoms with Crippen LogP contribution in [0.2, 0.25) is 0 Å². The van der Waals surface area contributed by atoms with Crippen LogP contribution in [0.4, 0.5) is 10.8 Å². The predicted molar refractivity (Wildman–Crippen MR) is 136 cm³/mol. The van der Waals surface area contributed by atoms with E-state index in [-0.39, 0.29) is 5.91 Å². The summed E-state index contributed by atoms with van der Waals surface area (Å²) in [5.41, 5.74) is 5.84. The zero-order valence-corrected chi connectivity index (χ0v) is 20.6. The van der Waals surface area contributed by atoms with Crippen molar-refractivity contribution in [1.82, 2.24) is 15.0 Å². The highest BCUT2D eigenvalue weighted by molar-refractivity contribution is 7.15. The van der Waals surface area contributed by atoms with Crippen molar-refractivity contribution in [2.24, 2.45) is 0 Å². The fourth-order valence-electron chi connectivity index (χ4n) is 4.14. The summed E-state index contributed by atoms with van der Waals surface area (Å²) in [7, 11) is 0. The number of carbonyl (C=O) groups is 1. The standard InChI is InChI=1S/C25H25N5O2S2/c1-3-21-27-15(2)23(34-21)24(32)29-25-28-19(14-33-25)17-6-8-20-18(11-17)7-9-22(31)30(20)13-16-5-4-10-26-12-16/h4-6,8,10-12,14,22,31H,3,7,9,13H2,1-2H3,(H,28,29,32). The number of fused-ring (bicyclic) bond motifs is 1. The molecule has 1 atom stereocenters. The van der Waals surface area contributed by atoms with Gasteiger partial charge in [-0.05, 0) is 55.5 Å². The Morgan fingerprint density at radius 1 is 1.29 bits per heavy atom. The molecule has 174 valence electrons. The zero-order valence-electron chi connectivity index (χ0n) is 19.0. The fraction of sp³-hybridized carbons (Fsp3) is 0.280. The van der Waals surface area contributed by atoms with E-state index in [9.17, 15) is 9.90 Å². The van der Waals surface area contributed by atoms with Gasteiger partial charge in [-0.25, -0.2) is 9.97 Å². The summed E-state index contributed by atoms with van der Waals surface area (Å²) in [4.78, 5) is 28.6. The molecule has 34 heavy (non-hydrogen) atoms. The molecule has 5 rings (SSSR count). The molecular weight excluding hydrogens is 466 g/mol. The van der Waals surface area contributed by atoms with Crippen LogP contribution in [0.3, 0.4) is 0 Å². The Morgan fingerprint density at radius 3 is 2.94 bits per heavy atom. The van der Waals surface area contributed by atoms with E-state index in [0.717, 1.165) is 46.1 Å². The highest BCUT2D eigenvalue weighted by atomic mass is 32.1. The van der Waals surface area contributed by atoms with E-state index in [1.807, 2.05) is 54.6 Å². The number of rotatable bonds is 6. The van der Waals surface area contributed by atoms with Crippen LogP contribution < -0.4 is 10.2 Å². The molecular formula is C25H25N5O2S2. The first-order chi connectivity index (χ1) is 16.5. The summed E-state index contributed by atoms with van der Waals surface area (Å²) in [5.74, 6) is -0.166. The topological polar surface area (TPSA) is 91.2 Å². The number of pyridine rings is 1. The monoisotopic (exact) mass is 491 g/mol. The molecule has 0 saturated heterocycles. The Labute approximate surface area is 206 Å². The Morgan fingerprint density at radius 2 is 2.18 bits per heavy atom. The largest absolute Gasteiger partial charge is 0.374 e. The number of anilines is 2. The summed E-state index contributed by atoms with van der Waals surface area (Å²) >= 11 is 2.84. The molecule has 4 aromatic rings. The molecule has 1 unspecified atom stereocenters. The van der Waals surface area contributed by atoms with Crippen molar-refractivity contribution in [3.05, 3.63) is 74.8 Å². The summed E-state index contributed by atoms with van der Waals surface area (Å²) in [6.45, 7) is 4.49. The number of hydrogen-bond acceptors (Lipinski definition) is 8. The molecule has 4 heterocycles. The highest BCUT2D eigenvalue weighted by Gasteiger charge is 2.25. The van der Waals surface area contributed by atoms with Crippen LogP contribution in [-0.4, -0.2) is 32.2 Å². The van der Waals surface area contributed by atoms with Crippen molar-refractivity contribution in [2.75, 3.05) is 10.2 Å². The quantitative estimate of drug-likeness (QED) is 0.392. The molecule has 9 heteroatoms. The van der Waals surface area contributed by atoms with Crippen LogP contribution >= 0.6 is 22.7 Å². The second-order valence-corrected chi connectivity index (χ2v) is 10.2. The average Bonchev–Trinajstić information content (AvgIpc) is 3.47. The number of amides is 1. The number of carbonyl (C=O) groups excluding carboxylic acids is 1. The minimum Gasteiger partial charge on any atom is -0.374 e. The molecule has 1 amide bonds. The van der Waals surface area contributed by atoms with Crippen LogP contribution in [0.5, 0.6) is 0 Å². The number of nitrogens with one attached hydrogen (secondary N) is 1. The van der Waals surface area contributed by atoms with Crippen LogP contribution in [0.1, 0.15) is 44.8 Å². The number of nitrogens with zero attached hydrogens (tertiary/aromatic N) is 4. The average molecular weight is 492 g/mol. The Hall–Kier alpha value is -3.14. The van der Waals surface area contributed by atoms with Crippen molar-refractivity contribution in [3.63, 3.8) is 0 Å². The van der Waals surface area contributed by atoms with Crippen molar-refractivity contribution < 1.29 is 9.90 Å². The summed E-state index contributed by atoms with van der Waals surface area (Å²) in [6, 6.07) is 10.1. The second-order valence-electron chi connectivity index (χ2n) is 8.22. The zero-order chi connectivity index (χ0) is 23.7. The second kappa shape index (κ2) is 9.61. The first-order valence-corrected chi connectivity index (χ1v) is 12.9. The fourth-order valence-corrected chi connectivity index (χ4v) is 5.75. The van der Waals surface area contributed by atoms with Gasteiger partial charge in [-0.1, -0.05) is 19.1 Å². The third-order valence-electron chi connectivity index (χ3n) is 5.87. The molecule has 7 nitrogen and oxygen atoms in total. The van der Waals surface area contributed by atoms with Gasteiger partial charge in [-0.2, -0.15) is 0 Å². The van der Waals surface area contributed by atoms with Gasteiger partial charge in [-0.3, -0.25) is 15.1 Å². The van der Waals surface area contributed by atoms with Crippen molar-refractivity contribution in [3.8, 4) is 11.3 Å². The Kier molecular flexibility index (Phi) is 6.40. The molecule has 0 saturated carbocycles. The lowest BCUT2D eigenvalue weighted by Gasteiger charge is -2.36. The third kappa shape index (κ3) is 4.59. The molecule has 1 aliphatic rings. The molecule has 1 aliphatic heterocycles. The van der Waals surface area contributed by atoms with E-state index in [1.54, 1.807) is 6.20 Å². The number of hydrogen-bond donors (Lipinski definition) is 2. The lowest BCUT2D eigenvalue weighted by Crippen LogP contribution is -2.38. The van der Waals surface area contributed by atoms with Gasteiger partial charge in [0.25, 0.3) is 5.91 Å². The smallest absolute Gasteiger partial charge is 0.269 e. The predicted octanol–water partition coefficient (Wildman–Crippen LogP) is 5.06.